The molecule has 0 bridgehead atoms. The molecule has 0 saturated carbocycles. The monoisotopic (exact) mass is 244 g/mol. The van der Waals surface area contributed by atoms with Crippen LogP contribution >= 0.6 is 0 Å². The maximum Gasteiger partial charge on any atom is 0.303 e. The van der Waals surface area contributed by atoms with E-state index < -0.39 is 5.97 Å². The van der Waals surface area contributed by atoms with Crippen molar-refractivity contribution in [3.05, 3.63) is 0 Å². The maximum absolute atomic E-state index is 11.4. The largest absolute Gasteiger partial charge is 0.481 e. The summed E-state index contributed by atoms with van der Waals surface area (Å²) < 4.78 is 0. The molecule has 0 aromatic carbocycles. The van der Waals surface area contributed by atoms with Crippen molar-refractivity contribution in [2.45, 2.75) is 39.5 Å². The summed E-state index contributed by atoms with van der Waals surface area (Å²) in [6, 6.07) is 0. The van der Waals surface area contributed by atoms with E-state index in [0.29, 0.717) is 25.8 Å². The second-order valence-electron chi connectivity index (χ2n) is 3.98. The van der Waals surface area contributed by atoms with Gasteiger partial charge in [-0.15, -0.1) is 0 Å². The Hall–Kier alpha value is -1.10. The van der Waals surface area contributed by atoms with Crippen LogP contribution in [-0.4, -0.2) is 48.1 Å². The van der Waals surface area contributed by atoms with Crippen LogP contribution in [0.1, 0.15) is 39.5 Å². The second-order valence-corrected chi connectivity index (χ2v) is 3.98. The zero-order chi connectivity index (χ0) is 13.1. The van der Waals surface area contributed by atoms with Gasteiger partial charge in [-0.25, -0.2) is 0 Å². The van der Waals surface area contributed by atoms with E-state index in [1.54, 1.807) is 0 Å². The summed E-state index contributed by atoms with van der Waals surface area (Å²) in [6.45, 7) is 7.71. The van der Waals surface area contributed by atoms with Gasteiger partial charge in [0, 0.05) is 25.9 Å². The van der Waals surface area contributed by atoms with Gasteiger partial charge < -0.3 is 15.3 Å². The van der Waals surface area contributed by atoms with Gasteiger partial charge in [0.15, 0.2) is 0 Å². The number of carbonyl (C=O) groups is 2. The molecule has 0 atom stereocenters. The first-order chi connectivity index (χ1) is 8.10. The average Bonchev–Trinajstić information content (AvgIpc) is 2.30. The highest BCUT2D eigenvalue weighted by atomic mass is 16.4. The second kappa shape index (κ2) is 10.1. The minimum Gasteiger partial charge on any atom is -0.481 e. The van der Waals surface area contributed by atoms with Gasteiger partial charge in [-0.1, -0.05) is 13.8 Å². The summed E-state index contributed by atoms with van der Waals surface area (Å²) in [5.41, 5.74) is 0. The van der Waals surface area contributed by atoms with Gasteiger partial charge in [-0.2, -0.15) is 0 Å². The number of rotatable bonds is 10. The number of amides is 1. The van der Waals surface area contributed by atoms with E-state index in [1.165, 1.54) is 0 Å². The van der Waals surface area contributed by atoms with Crippen molar-refractivity contribution >= 4 is 11.9 Å². The number of carboxylic acids is 1. The SMILES string of the molecule is CCN(CC)CCNC(=O)CCCCC(=O)O. The molecule has 0 aliphatic rings. The van der Waals surface area contributed by atoms with Crippen LogP contribution in [0, 0.1) is 0 Å². The average molecular weight is 244 g/mol. The molecule has 0 heterocycles. The van der Waals surface area contributed by atoms with Gasteiger partial charge in [-0.05, 0) is 25.9 Å². The van der Waals surface area contributed by atoms with Gasteiger partial charge in [0.25, 0.3) is 0 Å². The van der Waals surface area contributed by atoms with Gasteiger partial charge in [0.2, 0.25) is 5.91 Å². The lowest BCUT2D eigenvalue weighted by atomic mass is 10.2. The highest BCUT2D eigenvalue weighted by Crippen LogP contribution is 1.99. The number of carboxylic acid groups (broad SMARTS) is 1. The molecular weight excluding hydrogens is 220 g/mol. The number of hydrogen-bond donors (Lipinski definition) is 2. The van der Waals surface area contributed by atoms with Crippen LogP contribution in [-0.2, 0) is 9.59 Å². The topological polar surface area (TPSA) is 69.6 Å². The van der Waals surface area contributed by atoms with Crippen LogP contribution in [0.3, 0.4) is 0 Å². The fraction of sp³-hybridized carbons (Fsp3) is 0.833. The van der Waals surface area contributed by atoms with Crippen LogP contribution in [0.15, 0.2) is 0 Å². The molecule has 0 fully saturated rings. The maximum atomic E-state index is 11.4. The van der Waals surface area contributed by atoms with E-state index in [1.807, 2.05) is 0 Å². The van der Waals surface area contributed by atoms with Crippen molar-refractivity contribution < 1.29 is 14.7 Å². The summed E-state index contributed by atoms with van der Waals surface area (Å²) in [6.07, 6.45) is 1.78. The Balaban J connectivity index is 3.43. The van der Waals surface area contributed by atoms with Crippen molar-refractivity contribution in [2.75, 3.05) is 26.2 Å². The van der Waals surface area contributed by atoms with Crippen molar-refractivity contribution in [2.24, 2.45) is 0 Å². The quantitative estimate of drug-likeness (QED) is 0.564. The summed E-state index contributed by atoms with van der Waals surface area (Å²) in [5.74, 6) is -0.783. The molecule has 17 heavy (non-hydrogen) atoms. The first-order valence-corrected chi connectivity index (χ1v) is 6.31. The predicted octanol–water partition coefficient (Wildman–Crippen LogP) is 1.09. The number of nitrogens with one attached hydrogen (secondary N) is 1. The third-order valence-corrected chi connectivity index (χ3v) is 2.69. The molecular formula is C12H24N2O3. The molecule has 0 aromatic rings. The minimum atomic E-state index is -0.799. The fourth-order valence-corrected chi connectivity index (χ4v) is 1.54. The molecule has 1 amide bonds. The number of hydrogen-bond acceptors (Lipinski definition) is 3. The first-order valence-electron chi connectivity index (χ1n) is 6.31. The number of unbranched alkanes of at least 4 members (excludes halogenated alkanes) is 1. The highest BCUT2D eigenvalue weighted by molar-refractivity contribution is 5.75. The van der Waals surface area contributed by atoms with Crippen molar-refractivity contribution in [1.29, 1.82) is 0 Å². The van der Waals surface area contributed by atoms with Crippen LogP contribution in [0.5, 0.6) is 0 Å². The van der Waals surface area contributed by atoms with Gasteiger partial charge in [-0.3, -0.25) is 9.59 Å². The molecule has 100 valence electrons. The molecule has 0 aliphatic carbocycles. The Labute approximate surface area is 103 Å². The van der Waals surface area contributed by atoms with Crippen LogP contribution in [0.25, 0.3) is 0 Å². The van der Waals surface area contributed by atoms with E-state index in [-0.39, 0.29) is 12.3 Å². The predicted molar refractivity (Wildman–Crippen MR) is 66.9 cm³/mol. The molecule has 0 unspecified atom stereocenters. The summed E-state index contributed by atoms with van der Waals surface area (Å²) in [4.78, 5) is 23.9. The van der Waals surface area contributed by atoms with Gasteiger partial charge in [0.05, 0.1) is 0 Å². The van der Waals surface area contributed by atoms with E-state index in [9.17, 15) is 9.59 Å². The summed E-state index contributed by atoms with van der Waals surface area (Å²) in [5, 5.41) is 11.3. The Morgan fingerprint density at radius 2 is 1.71 bits per heavy atom. The van der Waals surface area contributed by atoms with Crippen LogP contribution in [0.4, 0.5) is 0 Å². The Bertz CT molecular complexity index is 228. The lowest BCUT2D eigenvalue weighted by molar-refractivity contribution is -0.137. The normalized spacial score (nSPS) is 10.5. The smallest absolute Gasteiger partial charge is 0.303 e. The van der Waals surface area contributed by atoms with E-state index in [0.717, 1.165) is 19.6 Å². The number of aliphatic carboxylic acids is 1. The van der Waals surface area contributed by atoms with Gasteiger partial charge in [0.1, 0.15) is 0 Å². The summed E-state index contributed by atoms with van der Waals surface area (Å²) >= 11 is 0. The number of carbonyl (C=O) groups excluding carboxylic acids is 1. The molecule has 5 nitrogen and oxygen atoms in total. The lowest BCUT2D eigenvalue weighted by Crippen LogP contribution is -2.34. The molecule has 0 aliphatic heterocycles. The van der Waals surface area contributed by atoms with Crippen molar-refractivity contribution in [1.82, 2.24) is 10.2 Å². The zero-order valence-electron chi connectivity index (χ0n) is 10.9. The first kappa shape index (κ1) is 15.9. The molecule has 0 radical (unpaired) electrons. The number of nitrogens with zero attached hydrogens (tertiary/aromatic N) is 1. The Morgan fingerprint density at radius 3 is 2.24 bits per heavy atom. The Morgan fingerprint density at radius 1 is 1.12 bits per heavy atom. The third-order valence-electron chi connectivity index (χ3n) is 2.69. The van der Waals surface area contributed by atoms with Crippen LogP contribution < -0.4 is 5.32 Å². The standard InChI is InChI=1S/C12H24N2O3/c1-3-14(4-2)10-9-13-11(15)7-5-6-8-12(16)17/h3-10H2,1-2H3,(H,13,15)(H,16,17). The van der Waals surface area contributed by atoms with E-state index in [4.69, 9.17) is 5.11 Å². The molecule has 0 saturated heterocycles. The van der Waals surface area contributed by atoms with Crippen LogP contribution in [0.2, 0.25) is 0 Å². The van der Waals surface area contributed by atoms with Crippen molar-refractivity contribution in [3.63, 3.8) is 0 Å². The number of likely N-dealkylation sites (N-methyl/N-ethyl adjacent to an activating group) is 1. The molecule has 0 rings (SSSR count). The van der Waals surface area contributed by atoms with E-state index >= 15 is 0 Å². The molecule has 0 aromatic heterocycles. The lowest BCUT2D eigenvalue weighted by Gasteiger charge is -2.17. The minimum absolute atomic E-state index is 0.0162. The zero-order valence-corrected chi connectivity index (χ0v) is 10.9. The Kier molecular flexibility index (Phi) is 9.43. The van der Waals surface area contributed by atoms with Gasteiger partial charge >= 0.3 is 5.97 Å². The molecule has 5 heteroatoms. The fourth-order valence-electron chi connectivity index (χ4n) is 1.54. The molecule has 2 N–H and O–H groups in total. The third kappa shape index (κ3) is 9.81. The van der Waals surface area contributed by atoms with Crippen molar-refractivity contribution in [3.8, 4) is 0 Å². The highest BCUT2D eigenvalue weighted by Gasteiger charge is 2.03. The van der Waals surface area contributed by atoms with E-state index in [2.05, 4.69) is 24.1 Å². The summed E-state index contributed by atoms with van der Waals surface area (Å²) in [7, 11) is 0. The molecule has 0 spiro atoms.